The minimum Gasteiger partial charge on any atom is -0.314 e. The second-order valence-electron chi connectivity index (χ2n) is 5.33. The van der Waals surface area contributed by atoms with E-state index in [4.69, 9.17) is 0 Å². The zero-order valence-corrected chi connectivity index (χ0v) is 11.6. The molecule has 1 N–H and O–H groups in total. The number of nitrogens with zero attached hydrogens (tertiary/aromatic N) is 1. The third kappa shape index (κ3) is 5.31. The van der Waals surface area contributed by atoms with E-state index >= 15 is 0 Å². The quantitative estimate of drug-likeness (QED) is 0.783. The zero-order valence-electron chi connectivity index (χ0n) is 11.6. The van der Waals surface area contributed by atoms with E-state index in [0.717, 1.165) is 18.9 Å². The van der Waals surface area contributed by atoms with E-state index in [2.05, 4.69) is 50.1 Å². The van der Waals surface area contributed by atoms with Gasteiger partial charge in [-0.25, -0.2) is 0 Å². The average Bonchev–Trinajstić information content (AvgIpc) is 2.29. The number of pyridine rings is 1. The molecule has 1 aromatic rings. The molecule has 0 aliphatic heterocycles. The standard InChI is InChI=1S/C15H26N2/c1-5-17-15(13(4)10-12(2)3)11-14-6-8-16-9-7-14/h6-9,12-13,15,17H,5,10-11H2,1-4H3. The van der Waals surface area contributed by atoms with E-state index in [1.807, 2.05) is 12.4 Å². The molecule has 1 aromatic heterocycles. The smallest absolute Gasteiger partial charge is 0.0270 e. The summed E-state index contributed by atoms with van der Waals surface area (Å²) >= 11 is 0. The first-order valence-electron chi connectivity index (χ1n) is 6.75. The van der Waals surface area contributed by atoms with Crippen LogP contribution in [-0.4, -0.2) is 17.6 Å². The van der Waals surface area contributed by atoms with E-state index in [0.29, 0.717) is 12.0 Å². The summed E-state index contributed by atoms with van der Waals surface area (Å²) in [7, 11) is 0. The Morgan fingerprint density at radius 3 is 2.35 bits per heavy atom. The summed E-state index contributed by atoms with van der Waals surface area (Å²) in [5.74, 6) is 1.48. The topological polar surface area (TPSA) is 24.9 Å². The fourth-order valence-electron chi connectivity index (χ4n) is 2.42. The van der Waals surface area contributed by atoms with Gasteiger partial charge in [-0.15, -0.1) is 0 Å². The second-order valence-corrected chi connectivity index (χ2v) is 5.33. The SMILES string of the molecule is CCNC(Cc1ccncc1)C(C)CC(C)C. The maximum Gasteiger partial charge on any atom is 0.0270 e. The Hall–Kier alpha value is -0.890. The molecule has 0 radical (unpaired) electrons. The van der Waals surface area contributed by atoms with Crippen molar-refractivity contribution < 1.29 is 0 Å². The Morgan fingerprint density at radius 1 is 1.18 bits per heavy atom. The van der Waals surface area contributed by atoms with E-state index in [1.165, 1.54) is 12.0 Å². The molecule has 0 aliphatic carbocycles. The number of rotatable bonds is 7. The van der Waals surface area contributed by atoms with Crippen molar-refractivity contribution in [1.82, 2.24) is 10.3 Å². The van der Waals surface area contributed by atoms with Crippen molar-refractivity contribution in [2.24, 2.45) is 11.8 Å². The van der Waals surface area contributed by atoms with E-state index < -0.39 is 0 Å². The molecule has 0 saturated heterocycles. The molecule has 1 rings (SSSR count). The molecule has 2 atom stereocenters. The molecule has 0 aliphatic rings. The summed E-state index contributed by atoms with van der Waals surface area (Å²) in [4.78, 5) is 4.07. The van der Waals surface area contributed by atoms with Gasteiger partial charge in [-0.1, -0.05) is 27.7 Å². The zero-order chi connectivity index (χ0) is 12.7. The molecule has 17 heavy (non-hydrogen) atoms. The van der Waals surface area contributed by atoms with E-state index in [1.54, 1.807) is 0 Å². The maximum atomic E-state index is 4.07. The first-order valence-corrected chi connectivity index (χ1v) is 6.75. The fraction of sp³-hybridized carbons (Fsp3) is 0.667. The molecule has 2 nitrogen and oxygen atoms in total. The van der Waals surface area contributed by atoms with Crippen LogP contribution in [0.15, 0.2) is 24.5 Å². The van der Waals surface area contributed by atoms with Crippen molar-refractivity contribution in [1.29, 1.82) is 0 Å². The molecule has 0 saturated carbocycles. The number of nitrogens with one attached hydrogen (secondary N) is 1. The first kappa shape index (κ1) is 14.2. The summed E-state index contributed by atoms with van der Waals surface area (Å²) in [5.41, 5.74) is 1.38. The fourth-order valence-corrected chi connectivity index (χ4v) is 2.42. The lowest BCUT2D eigenvalue weighted by Gasteiger charge is -2.26. The van der Waals surface area contributed by atoms with Crippen LogP contribution in [0.3, 0.4) is 0 Å². The van der Waals surface area contributed by atoms with Gasteiger partial charge in [0.1, 0.15) is 0 Å². The lowest BCUT2D eigenvalue weighted by molar-refractivity contribution is 0.325. The van der Waals surface area contributed by atoms with Gasteiger partial charge >= 0.3 is 0 Å². The van der Waals surface area contributed by atoms with Crippen molar-refractivity contribution in [3.05, 3.63) is 30.1 Å². The van der Waals surface area contributed by atoms with Gasteiger partial charge < -0.3 is 5.32 Å². The van der Waals surface area contributed by atoms with Crippen LogP contribution < -0.4 is 5.32 Å². The van der Waals surface area contributed by atoms with Gasteiger partial charge in [-0.3, -0.25) is 4.98 Å². The lowest BCUT2D eigenvalue weighted by Crippen LogP contribution is -2.37. The molecule has 0 bridgehead atoms. The van der Waals surface area contributed by atoms with Crippen molar-refractivity contribution in [3.8, 4) is 0 Å². The summed E-state index contributed by atoms with van der Waals surface area (Å²) in [5, 5.41) is 3.62. The highest BCUT2D eigenvalue weighted by molar-refractivity contribution is 5.11. The number of hydrogen-bond acceptors (Lipinski definition) is 2. The molecule has 0 fully saturated rings. The van der Waals surface area contributed by atoms with Crippen LogP contribution >= 0.6 is 0 Å². The summed E-state index contributed by atoms with van der Waals surface area (Å²) in [6.07, 6.45) is 6.14. The molecule has 0 amide bonds. The maximum absolute atomic E-state index is 4.07. The van der Waals surface area contributed by atoms with Crippen molar-refractivity contribution >= 4 is 0 Å². The number of aromatic nitrogens is 1. The van der Waals surface area contributed by atoms with Crippen LogP contribution in [0.2, 0.25) is 0 Å². The van der Waals surface area contributed by atoms with Gasteiger partial charge in [0.15, 0.2) is 0 Å². The number of likely N-dealkylation sites (N-methyl/N-ethyl adjacent to an activating group) is 1. The Labute approximate surface area is 106 Å². The highest BCUT2D eigenvalue weighted by Crippen LogP contribution is 2.18. The van der Waals surface area contributed by atoms with Crippen molar-refractivity contribution in [3.63, 3.8) is 0 Å². The Morgan fingerprint density at radius 2 is 1.82 bits per heavy atom. The van der Waals surface area contributed by atoms with Crippen molar-refractivity contribution in [2.45, 2.75) is 46.6 Å². The lowest BCUT2D eigenvalue weighted by atomic mass is 9.88. The molecular formula is C15H26N2. The third-order valence-electron chi connectivity index (χ3n) is 3.20. The van der Waals surface area contributed by atoms with Crippen LogP contribution in [0.25, 0.3) is 0 Å². The van der Waals surface area contributed by atoms with Crippen LogP contribution in [0.4, 0.5) is 0 Å². The Kier molecular flexibility index (Phi) is 6.20. The third-order valence-corrected chi connectivity index (χ3v) is 3.20. The molecular weight excluding hydrogens is 208 g/mol. The van der Waals surface area contributed by atoms with Crippen molar-refractivity contribution in [2.75, 3.05) is 6.54 Å². The van der Waals surface area contributed by atoms with E-state index in [9.17, 15) is 0 Å². The molecule has 0 spiro atoms. The van der Waals surface area contributed by atoms with Gasteiger partial charge in [0.2, 0.25) is 0 Å². The van der Waals surface area contributed by atoms with Crippen LogP contribution in [0, 0.1) is 11.8 Å². The Balaban J connectivity index is 2.59. The second kappa shape index (κ2) is 7.44. The first-order chi connectivity index (χ1) is 8.13. The van der Waals surface area contributed by atoms with Crippen LogP contribution in [0.1, 0.15) is 39.7 Å². The minimum absolute atomic E-state index is 0.574. The van der Waals surface area contributed by atoms with Gasteiger partial charge in [0, 0.05) is 18.4 Å². The molecule has 0 aromatic carbocycles. The predicted octanol–water partition coefficient (Wildman–Crippen LogP) is 3.28. The number of hydrogen-bond donors (Lipinski definition) is 1. The van der Waals surface area contributed by atoms with Crippen LogP contribution in [-0.2, 0) is 6.42 Å². The largest absolute Gasteiger partial charge is 0.314 e. The molecule has 2 unspecified atom stereocenters. The minimum atomic E-state index is 0.574. The van der Waals surface area contributed by atoms with Gasteiger partial charge in [0.05, 0.1) is 0 Å². The summed E-state index contributed by atoms with van der Waals surface area (Å²) in [6.45, 7) is 10.2. The highest BCUT2D eigenvalue weighted by atomic mass is 14.9. The van der Waals surface area contributed by atoms with E-state index in [-0.39, 0.29) is 0 Å². The predicted molar refractivity (Wildman–Crippen MR) is 74.0 cm³/mol. The normalized spacial score (nSPS) is 14.9. The Bertz CT molecular complexity index is 295. The van der Waals surface area contributed by atoms with Gasteiger partial charge in [0.25, 0.3) is 0 Å². The average molecular weight is 234 g/mol. The molecule has 2 heteroatoms. The monoisotopic (exact) mass is 234 g/mol. The summed E-state index contributed by atoms with van der Waals surface area (Å²) < 4.78 is 0. The highest BCUT2D eigenvalue weighted by Gasteiger charge is 2.17. The van der Waals surface area contributed by atoms with Gasteiger partial charge in [-0.05, 0) is 48.9 Å². The molecule has 96 valence electrons. The molecule has 1 heterocycles. The summed E-state index contributed by atoms with van der Waals surface area (Å²) in [6, 6.07) is 4.81. The van der Waals surface area contributed by atoms with Crippen LogP contribution in [0.5, 0.6) is 0 Å². The van der Waals surface area contributed by atoms with Gasteiger partial charge in [-0.2, -0.15) is 0 Å².